The number of halogens is 1. The lowest BCUT2D eigenvalue weighted by Crippen LogP contribution is -2.19. The van der Waals surface area contributed by atoms with Crippen molar-refractivity contribution in [2.24, 2.45) is 11.7 Å². The first-order valence-electron chi connectivity index (χ1n) is 6.55. The van der Waals surface area contributed by atoms with Crippen molar-refractivity contribution in [1.82, 2.24) is 9.97 Å². The van der Waals surface area contributed by atoms with Gasteiger partial charge in [-0.3, -0.25) is 0 Å². The zero-order valence-electron chi connectivity index (χ0n) is 11.6. The smallest absolute Gasteiger partial charge is 0.111 e. The van der Waals surface area contributed by atoms with Crippen LogP contribution in [0.15, 0.2) is 28.7 Å². The lowest BCUT2D eigenvalue weighted by atomic mass is 9.95. The van der Waals surface area contributed by atoms with Gasteiger partial charge in [0.05, 0.1) is 5.69 Å². The first-order chi connectivity index (χ1) is 9.02. The van der Waals surface area contributed by atoms with Gasteiger partial charge in [0, 0.05) is 28.2 Å². The molecule has 0 fully saturated rings. The van der Waals surface area contributed by atoms with Gasteiger partial charge in [-0.15, -0.1) is 0 Å². The van der Waals surface area contributed by atoms with Crippen LogP contribution in [0.2, 0.25) is 0 Å². The number of aromatic nitrogens is 2. The average Bonchev–Trinajstić information content (AvgIpc) is 2.71. The molecule has 0 amide bonds. The molecular weight excluding hydrogens is 302 g/mol. The number of nitrogens with zero attached hydrogens (tertiary/aromatic N) is 1. The van der Waals surface area contributed by atoms with E-state index in [1.807, 2.05) is 12.1 Å². The molecule has 0 bridgehead atoms. The quantitative estimate of drug-likeness (QED) is 0.898. The van der Waals surface area contributed by atoms with Crippen molar-refractivity contribution in [1.29, 1.82) is 0 Å². The second-order valence-corrected chi connectivity index (χ2v) is 6.11. The maximum Gasteiger partial charge on any atom is 0.111 e. The highest BCUT2D eigenvalue weighted by Gasteiger charge is 2.19. The van der Waals surface area contributed by atoms with Crippen LogP contribution in [-0.2, 0) is 0 Å². The highest BCUT2D eigenvalue weighted by atomic mass is 79.9. The van der Waals surface area contributed by atoms with Gasteiger partial charge in [-0.25, -0.2) is 4.98 Å². The Morgan fingerprint density at radius 1 is 1.37 bits per heavy atom. The Morgan fingerprint density at radius 2 is 2.11 bits per heavy atom. The molecule has 0 saturated heterocycles. The molecule has 19 heavy (non-hydrogen) atoms. The molecule has 0 aliphatic rings. The van der Waals surface area contributed by atoms with E-state index in [1.165, 1.54) is 0 Å². The number of aromatic amines is 1. The largest absolute Gasteiger partial charge is 0.345 e. The van der Waals surface area contributed by atoms with Crippen LogP contribution in [-0.4, -0.2) is 16.5 Å². The van der Waals surface area contributed by atoms with Gasteiger partial charge in [-0.1, -0.05) is 41.9 Å². The SMILES string of the molecule is Cc1[nH]c(C(CN)C(C)C)nc1-c1cccc(Br)c1. The minimum Gasteiger partial charge on any atom is -0.345 e. The van der Waals surface area contributed by atoms with Crippen LogP contribution in [0.4, 0.5) is 0 Å². The number of H-pyrrole nitrogens is 1. The molecule has 3 N–H and O–H groups in total. The lowest BCUT2D eigenvalue weighted by molar-refractivity contribution is 0.487. The van der Waals surface area contributed by atoms with E-state index in [1.54, 1.807) is 0 Å². The molecule has 0 saturated carbocycles. The summed E-state index contributed by atoms with van der Waals surface area (Å²) in [6.07, 6.45) is 0. The Hall–Kier alpha value is -1.13. The van der Waals surface area contributed by atoms with Gasteiger partial charge < -0.3 is 10.7 Å². The fraction of sp³-hybridized carbons (Fsp3) is 0.400. The van der Waals surface area contributed by atoms with Crippen LogP contribution >= 0.6 is 15.9 Å². The normalized spacial score (nSPS) is 12.9. The summed E-state index contributed by atoms with van der Waals surface area (Å²) in [5, 5.41) is 0. The third kappa shape index (κ3) is 3.07. The molecule has 0 aliphatic carbocycles. The number of imidazole rings is 1. The van der Waals surface area contributed by atoms with Crippen molar-refractivity contribution in [2.75, 3.05) is 6.54 Å². The van der Waals surface area contributed by atoms with Gasteiger partial charge in [0.2, 0.25) is 0 Å². The van der Waals surface area contributed by atoms with Gasteiger partial charge in [-0.2, -0.15) is 0 Å². The van der Waals surface area contributed by atoms with Gasteiger partial charge in [0.25, 0.3) is 0 Å². The summed E-state index contributed by atoms with van der Waals surface area (Å²) in [6, 6.07) is 8.20. The van der Waals surface area contributed by atoms with E-state index in [4.69, 9.17) is 10.7 Å². The van der Waals surface area contributed by atoms with Gasteiger partial charge in [0.15, 0.2) is 0 Å². The van der Waals surface area contributed by atoms with Crippen molar-refractivity contribution in [2.45, 2.75) is 26.7 Å². The van der Waals surface area contributed by atoms with Gasteiger partial charge in [-0.05, 0) is 25.0 Å². The Balaban J connectivity index is 2.41. The second-order valence-electron chi connectivity index (χ2n) is 5.19. The van der Waals surface area contributed by atoms with E-state index in [9.17, 15) is 0 Å². The molecule has 1 atom stereocenters. The maximum atomic E-state index is 5.86. The monoisotopic (exact) mass is 321 g/mol. The molecule has 0 spiro atoms. The van der Waals surface area contributed by atoms with E-state index in [2.05, 4.69) is 53.8 Å². The Morgan fingerprint density at radius 3 is 2.68 bits per heavy atom. The van der Waals surface area contributed by atoms with E-state index in [0.717, 1.165) is 27.2 Å². The Bertz CT molecular complexity index is 560. The molecule has 2 rings (SSSR count). The summed E-state index contributed by atoms with van der Waals surface area (Å²) in [4.78, 5) is 8.15. The maximum absolute atomic E-state index is 5.86. The van der Waals surface area contributed by atoms with E-state index < -0.39 is 0 Å². The van der Waals surface area contributed by atoms with Crippen molar-refractivity contribution < 1.29 is 0 Å². The molecule has 1 aromatic carbocycles. The molecule has 3 nitrogen and oxygen atoms in total. The third-order valence-electron chi connectivity index (χ3n) is 3.41. The van der Waals surface area contributed by atoms with Crippen LogP contribution in [0.1, 0.15) is 31.3 Å². The highest BCUT2D eigenvalue weighted by Crippen LogP contribution is 2.28. The molecular formula is C15H20BrN3. The van der Waals surface area contributed by atoms with Gasteiger partial charge >= 0.3 is 0 Å². The molecule has 0 aliphatic heterocycles. The van der Waals surface area contributed by atoms with Crippen molar-refractivity contribution >= 4 is 15.9 Å². The third-order valence-corrected chi connectivity index (χ3v) is 3.90. The summed E-state index contributed by atoms with van der Waals surface area (Å²) < 4.78 is 1.06. The van der Waals surface area contributed by atoms with Crippen molar-refractivity contribution in [3.63, 3.8) is 0 Å². The summed E-state index contributed by atoms with van der Waals surface area (Å²) in [5.74, 6) is 1.75. The molecule has 102 valence electrons. The number of hydrogen-bond donors (Lipinski definition) is 2. The molecule has 1 heterocycles. The summed E-state index contributed by atoms with van der Waals surface area (Å²) in [6.45, 7) is 7.02. The minimum atomic E-state index is 0.277. The Kier molecular flexibility index (Phi) is 4.42. The lowest BCUT2D eigenvalue weighted by Gasteiger charge is -2.15. The van der Waals surface area contributed by atoms with E-state index in [0.29, 0.717) is 12.5 Å². The number of hydrogen-bond acceptors (Lipinski definition) is 2. The van der Waals surface area contributed by atoms with Crippen molar-refractivity contribution in [3.05, 3.63) is 40.3 Å². The number of benzene rings is 1. The molecule has 2 aromatic rings. The topological polar surface area (TPSA) is 54.7 Å². The standard InChI is InChI=1S/C15H20BrN3/c1-9(2)13(8-17)15-18-10(3)14(19-15)11-5-4-6-12(16)7-11/h4-7,9,13H,8,17H2,1-3H3,(H,18,19). The minimum absolute atomic E-state index is 0.277. The molecule has 4 heteroatoms. The number of rotatable bonds is 4. The molecule has 1 unspecified atom stereocenters. The van der Waals surface area contributed by atoms with Crippen LogP contribution in [0, 0.1) is 12.8 Å². The summed E-state index contributed by atoms with van der Waals surface area (Å²) in [5.41, 5.74) is 9.08. The van der Waals surface area contributed by atoms with Crippen LogP contribution < -0.4 is 5.73 Å². The van der Waals surface area contributed by atoms with Crippen LogP contribution in [0.5, 0.6) is 0 Å². The van der Waals surface area contributed by atoms with Gasteiger partial charge in [0.1, 0.15) is 5.82 Å². The van der Waals surface area contributed by atoms with Crippen LogP contribution in [0.3, 0.4) is 0 Å². The predicted molar refractivity (Wildman–Crippen MR) is 83.1 cm³/mol. The average molecular weight is 322 g/mol. The van der Waals surface area contributed by atoms with E-state index in [-0.39, 0.29) is 5.92 Å². The Labute approximate surface area is 122 Å². The zero-order chi connectivity index (χ0) is 14.0. The molecule has 1 aromatic heterocycles. The molecule has 0 radical (unpaired) electrons. The van der Waals surface area contributed by atoms with Crippen molar-refractivity contribution in [3.8, 4) is 11.3 Å². The fourth-order valence-electron chi connectivity index (χ4n) is 2.28. The zero-order valence-corrected chi connectivity index (χ0v) is 13.2. The fourth-order valence-corrected chi connectivity index (χ4v) is 2.67. The number of nitrogens with one attached hydrogen (secondary N) is 1. The van der Waals surface area contributed by atoms with E-state index >= 15 is 0 Å². The number of aryl methyl sites for hydroxylation is 1. The first kappa shape index (κ1) is 14.3. The first-order valence-corrected chi connectivity index (χ1v) is 7.34. The number of nitrogens with two attached hydrogens (primary N) is 1. The van der Waals surface area contributed by atoms with Crippen LogP contribution in [0.25, 0.3) is 11.3 Å². The summed E-state index contributed by atoms with van der Waals surface area (Å²) >= 11 is 3.50. The predicted octanol–water partition coefficient (Wildman–Crippen LogP) is 3.85. The highest BCUT2D eigenvalue weighted by molar-refractivity contribution is 9.10. The summed E-state index contributed by atoms with van der Waals surface area (Å²) in [7, 11) is 0. The second kappa shape index (κ2) is 5.88.